The number of nitrogens with two attached hydrogens (primary N) is 1. The zero-order valence-corrected chi connectivity index (χ0v) is 12.8. The summed E-state index contributed by atoms with van der Waals surface area (Å²) in [4.78, 5) is 12.0. The maximum Gasteiger partial charge on any atom is 0.239 e. The molecule has 1 aliphatic carbocycles. The quantitative estimate of drug-likeness (QED) is 0.895. The maximum absolute atomic E-state index is 12.0. The SMILES string of the molecule is COCC(N)C(=O)NC1CCC(C)c2ccccc21.Cl. The molecule has 0 spiro atoms. The smallest absolute Gasteiger partial charge is 0.239 e. The van der Waals surface area contributed by atoms with Crippen molar-refractivity contribution < 1.29 is 9.53 Å². The van der Waals surface area contributed by atoms with Gasteiger partial charge in [-0.3, -0.25) is 4.79 Å². The third-order valence-corrected chi connectivity index (χ3v) is 3.79. The summed E-state index contributed by atoms with van der Waals surface area (Å²) in [6, 6.07) is 7.78. The number of fused-ring (bicyclic) bond motifs is 1. The molecule has 0 radical (unpaired) electrons. The van der Waals surface area contributed by atoms with Crippen LogP contribution in [0.5, 0.6) is 0 Å². The Morgan fingerprint density at radius 1 is 1.40 bits per heavy atom. The fraction of sp³-hybridized carbons (Fsp3) is 0.533. The number of nitrogens with one attached hydrogen (secondary N) is 1. The van der Waals surface area contributed by atoms with Crippen molar-refractivity contribution in [2.24, 2.45) is 5.73 Å². The van der Waals surface area contributed by atoms with E-state index in [1.54, 1.807) is 7.11 Å². The molecule has 0 heterocycles. The van der Waals surface area contributed by atoms with E-state index in [0.717, 1.165) is 12.8 Å². The highest BCUT2D eigenvalue weighted by atomic mass is 35.5. The van der Waals surface area contributed by atoms with Crippen LogP contribution >= 0.6 is 12.4 Å². The lowest BCUT2D eigenvalue weighted by Gasteiger charge is -2.31. The first-order valence-corrected chi connectivity index (χ1v) is 6.77. The van der Waals surface area contributed by atoms with Gasteiger partial charge in [0, 0.05) is 7.11 Å². The Kier molecular flexibility index (Phi) is 6.46. The molecule has 3 unspecified atom stereocenters. The Labute approximate surface area is 126 Å². The lowest BCUT2D eigenvalue weighted by atomic mass is 9.81. The Morgan fingerprint density at radius 3 is 2.70 bits per heavy atom. The van der Waals surface area contributed by atoms with Crippen LogP contribution in [-0.2, 0) is 9.53 Å². The van der Waals surface area contributed by atoms with Gasteiger partial charge in [-0.2, -0.15) is 0 Å². The van der Waals surface area contributed by atoms with Crippen molar-refractivity contribution >= 4 is 18.3 Å². The minimum Gasteiger partial charge on any atom is -0.383 e. The maximum atomic E-state index is 12.0. The van der Waals surface area contributed by atoms with E-state index >= 15 is 0 Å². The summed E-state index contributed by atoms with van der Waals surface area (Å²) in [5, 5.41) is 3.04. The number of methoxy groups -OCH3 is 1. The summed E-state index contributed by atoms with van der Waals surface area (Å²) < 4.78 is 4.91. The fourth-order valence-electron chi connectivity index (χ4n) is 2.69. The predicted molar refractivity (Wildman–Crippen MR) is 82.1 cm³/mol. The third-order valence-electron chi connectivity index (χ3n) is 3.79. The minimum atomic E-state index is -0.600. The van der Waals surface area contributed by atoms with Crippen LogP contribution in [-0.4, -0.2) is 25.7 Å². The number of carbonyl (C=O) groups is 1. The number of ether oxygens (including phenoxy) is 1. The van der Waals surface area contributed by atoms with Gasteiger partial charge < -0.3 is 15.8 Å². The van der Waals surface area contributed by atoms with Crippen LogP contribution in [0.1, 0.15) is 42.9 Å². The number of halogens is 1. The lowest BCUT2D eigenvalue weighted by molar-refractivity contribution is -0.124. The summed E-state index contributed by atoms with van der Waals surface area (Å²) >= 11 is 0. The molecule has 1 aromatic carbocycles. The summed E-state index contributed by atoms with van der Waals surface area (Å²) in [5.41, 5.74) is 8.31. The van der Waals surface area contributed by atoms with Crippen LogP contribution in [0.2, 0.25) is 0 Å². The molecule has 5 heteroatoms. The second-order valence-electron chi connectivity index (χ2n) is 5.23. The van der Waals surface area contributed by atoms with Crippen LogP contribution in [0.3, 0.4) is 0 Å². The first-order chi connectivity index (χ1) is 9.13. The zero-order valence-electron chi connectivity index (χ0n) is 12.0. The molecule has 0 aromatic heterocycles. The number of rotatable bonds is 4. The van der Waals surface area contributed by atoms with Crippen molar-refractivity contribution in [1.82, 2.24) is 5.32 Å². The molecular formula is C15H23ClN2O2. The van der Waals surface area contributed by atoms with Gasteiger partial charge in [-0.05, 0) is 29.9 Å². The fourth-order valence-corrected chi connectivity index (χ4v) is 2.69. The molecule has 0 saturated heterocycles. The monoisotopic (exact) mass is 298 g/mol. The summed E-state index contributed by atoms with van der Waals surface area (Å²) in [6.07, 6.45) is 2.05. The van der Waals surface area contributed by atoms with Gasteiger partial charge in [-0.1, -0.05) is 31.2 Å². The summed E-state index contributed by atoms with van der Waals surface area (Å²) in [7, 11) is 1.55. The molecule has 1 aliphatic rings. The first kappa shape index (κ1) is 17.0. The van der Waals surface area contributed by atoms with Crippen molar-refractivity contribution in [1.29, 1.82) is 0 Å². The van der Waals surface area contributed by atoms with Gasteiger partial charge in [0.15, 0.2) is 0 Å². The Hall–Kier alpha value is -1.10. The van der Waals surface area contributed by atoms with Gasteiger partial charge in [0.2, 0.25) is 5.91 Å². The second kappa shape index (κ2) is 7.62. The molecule has 1 aromatic rings. The van der Waals surface area contributed by atoms with E-state index < -0.39 is 6.04 Å². The van der Waals surface area contributed by atoms with Gasteiger partial charge in [-0.25, -0.2) is 0 Å². The Balaban J connectivity index is 0.00000200. The number of amides is 1. The minimum absolute atomic E-state index is 0. The van der Waals surface area contributed by atoms with Crippen molar-refractivity contribution in [3.63, 3.8) is 0 Å². The largest absolute Gasteiger partial charge is 0.383 e. The van der Waals surface area contributed by atoms with Crippen LogP contribution in [0, 0.1) is 0 Å². The second-order valence-corrected chi connectivity index (χ2v) is 5.23. The average molecular weight is 299 g/mol. The first-order valence-electron chi connectivity index (χ1n) is 6.77. The number of carbonyl (C=O) groups excluding carboxylic acids is 1. The van der Waals surface area contributed by atoms with Gasteiger partial charge >= 0.3 is 0 Å². The standard InChI is InChI=1S/C15H22N2O2.ClH/c1-10-7-8-14(12-6-4-3-5-11(10)12)17-15(18)13(16)9-19-2;/h3-6,10,13-14H,7-9,16H2,1-2H3,(H,17,18);1H. The van der Waals surface area contributed by atoms with E-state index in [2.05, 4.69) is 30.4 Å². The van der Waals surface area contributed by atoms with Crippen molar-refractivity contribution in [3.05, 3.63) is 35.4 Å². The summed E-state index contributed by atoms with van der Waals surface area (Å²) in [6.45, 7) is 2.48. The van der Waals surface area contributed by atoms with Gasteiger partial charge in [0.05, 0.1) is 12.6 Å². The molecule has 112 valence electrons. The molecule has 0 fully saturated rings. The highest BCUT2D eigenvalue weighted by Gasteiger charge is 2.26. The molecule has 1 amide bonds. The predicted octanol–water partition coefficient (Wildman–Crippen LogP) is 2.14. The normalized spacial score (nSPS) is 22.4. The van der Waals surface area contributed by atoms with Crippen molar-refractivity contribution in [3.8, 4) is 0 Å². The Bertz CT molecular complexity index is 453. The number of benzene rings is 1. The molecule has 4 nitrogen and oxygen atoms in total. The van der Waals surface area contributed by atoms with E-state index in [1.807, 2.05) is 6.07 Å². The molecule has 3 N–H and O–H groups in total. The highest BCUT2D eigenvalue weighted by molar-refractivity contribution is 5.85. The average Bonchev–Trinajstić information content (AvgIpc) is 2.42. The van der Waals surface area contributed by atoms with E-state index in [-0.39, 0.29) is 31.0 Å². The molecule has 0 aliphatic heterocycles. The molecule has 2 rings (SSSR count). The van der Waals surface area contributed by atoms with Gasteiger partial charge in [0.25, 0.3) is 0 Å². The van der Waals surface area contributed by atoms with Crippen molar-refractivity contribution in [2.75, 3.05) is 13.7 Å². The van der Waals surface area contributed by atoms with Crippen LogP contribution in [0.15, 0.2) is 24.3 Å². The van der Waals surface area contributed by atoms with E-state index in [1.165, 1.54) is 11.1 Å². The topological polar surface area (TPSA) is 64.3 Å². The molecule has 0 saturated carbocycles. The van der Waals surface area contributed by atoms with Crippen LogP contribution in [0.25, 0.3) is 0 Å². The molecular weight excluding hydrogens is 276 g/mol. The van der Waals surface area contributed by atoms with Crippen LogP contribution < -0.4 is 11.1 Å². The van der Waals surface area contributed by atoms with Gasteiger partial charge in [-0.15, -0.1) is 12.4 Å². The molecule has 0 bridgehead atoms. The van der Waals surface area contributed by atoms with E-state index in [9.17, 15) is 4.79 Å². The lowest BCUT2D eigenvalue weighted by Crippen LogP contribution is -2.45. The van der Waals surface area contributed by atoms with E-state index in [4.69, 9.17) is 10.5 Å². The number of hydrogen-bond donors (Lipinski definition) is 2. The van der Waals surface area contributed by atoms with E-state index in [0.29, 0.717) is 5.92 Å². The zero-order chi connectivity index (χ0) is 13.8. The Morgan fingerprint density at radius 2 is 2.05 bits per heavy atom. The molecule has 20 heavy (non-hydrogen) atoms. The third kappa shape index (κ3) is 3.72. The highest BCUT2D eigenvalue weighted by Crippen LogP contribution is 2.36. The summed E-state index contributed by atoms with van der Waals surface area (Å²) in [5.74, 6) is 0.410. The number of hydrogen-bond acceptors (Lipinski definition) is 3. The molecule has 3 atom stereocenters. The van der Waals surface area contributed by atoms with Crippen molar-refractivity contribution in [2.45, 2.75) is 37.8 Å². The van der Waals surface area contributed by atoms with Crippen LogP contribution in [0.4, 0.5) is 0 Å². The van der Waals surface area contributed by atoms with Gasteiger partial charge in [0.1, 0.15) is 6.04 Å².